The number of amides is 1. The smallest absolute Gasteiger partial charge is 0.456 e. The van der Waals surface area contributed by atoms with Crippen LogP contribution in [0.4, 0.5) is 0 Å². The molecule has 1 amide bonds. The Hall–Kier alpha value is -3.59. The minimum Gasteiger partial charge on any atom is -0.456 e. The van der Waals surface area contributed by atoms with Gasteiger partial charge in [0.2, 0.25) is 5.91 Å². The molecule has 73 heavy (non-hydrogen) atoms. The highest BCUT2D eigenvalue weighted by atomic mass is 31.2. The van der Waals surface area contributed by atoms with E-state index in [9.17, 15) is 19.0 Å². The van der Waals surface area contributed by atoms with E-state index in [2.05, 4.69) is 123 Å². The van der Waals surface area contributed by atoms with Gasteiger partial charge in [0.05, 0.1) is 33.8 Å². The summed E-state index contributed by atoms with van der Waals surface area (Å²) in [6, 6.07) is -0.905. The van der Waals surface area contributed by atoms with Crippen molar-refractivity contribution in [1.29, 1.82) is 0 Å². The fourth-order valence-corrected chi connectivity index (χ4v) is 8.17. The summed E-state index contributed by atoms with van der Waals surface area (Å²) in [5.41, 5.74) is 0. The molecular formula is C63H108N2O7P+. The number of likely N-dealkylation sites (N-methyl/N-ethyl adjacent to an activating group) is 1. The third kappa shape index (κ3) is 53.1. The molecule has 0 aromatic heterocycles. The number of quaternary nitrogens is 1. The van der Waals surface area contributed by atoms with Crippen molar-refractivity contribution in [3.63, 3.8) is 0 Å². The quantitative estimate of drug-likeness (QED) is 0.0205. The Labute approximate surface area is 448 Å². The molecule has 3 atom stereocenters. The van der Waals surface area contributed by atoms with Crippen LogP contribution in [0.25, 0.3) is 0 Å². The SMILES string of the molecule is CC/C=C\C/C=C\C/C=C\C/C=C\C/C=C\C/C=C\CCC(=O)NC(COP(=O)(O)OCC[N+](C)(C)C)C(/C=C/CCCCCCCCCCC)OC(=O)CCCCCC/C=C\C/C=C\C/C=C\CCCCC. The Morgan fingerprint density at radius 3 is 1.37 bits per heavy atom. The zero-order valence-corrected chi connectivity index (χ0v) is 48.2. The van der Waals surface area contributed by atoms with Crippen molar-refractivity contribution < 1.29 is 37.3 Å². The van der Waals surface area contributed by atoms with E-state index in [4.69, 9.17) is 13.8 Å². The second-order valence-corrected chi connectivity index (χ2v) is 21.5. The number of carbonyl (C=O) groups is 2. The number of esters is 1. The molecule has 416 valence electrons. The molecule has 0 spiro atoms. The molecule has 0 fully saturated rings. The predicted octanol–water partition coefficient (Wildman–Crippen LogP) is 17.5. The van der Waals surface area contributed by atoms with Gasteiger partial charge in [-0.15, -0.1) is 0 Å². The number of nitrogens with one attached hydrogen (secondary N) is 1. The topological polar surface area (TPSA) is 111 Å². The van der Waals surface area contributed by atoms with Crippen LogP contribution < -0.4 is 5.32 Å². The molecule has 0 aliphatic carbocycles. The zero-order valence-electron chi connectivity index (χ0n) is 47.3. The number of ether oxygens (including phenoxy) is 1. The molecule has 0 saturated heterocycles. The van der Waals surface area contributed by atoms with E-state index in [-0.39, 0.29) is 37.9 Å². The Balaban J connectivity index is 5.48. The number of hydrogen-bond donors (Lipinski definition) is 2. The number of rotatable bonds is 50. The summed E-state index contributed by atoms with van der Waals surface area (Å²) in [6.07, 6.45) is 72.1. The van der Waals surface area contributed by atoms with Gasteiger partial charge in [0.1, 0.15) is 19.3 Å². The summed E-state index contributed by atoms with van der Waals surface area (Å²) in [5.74, 6) is -0.639. The van der Waals surface area contributed by atoms with Gasteiger partial charge in [0, 0.05) is 12.8 Å². The predicted molar refractivity (Wildman–Crippen MR) is 313 cm³/mol. The van der Waals surface area contributed by atoms with Crippen LogP contribution in [-0.4, -0.2) is 74.3 Å². The van der Waals surface area contributed by atoms with Gasteiger partial charge in [-0.3, -0.25) is 18.6 Å². The van der Waals surface area contributed by atoms with Crippen molar-refractivity contribution in [3.8, 4) is 0 Å². The summed E-state index contributed by atoms with van der Waals surface area (Å²) < 4.78 is 30.5. The van der Waals surface area contributed by atoms with Crippen LogP contribution in [-0.2, 0) is 27.9 Å². The molecule has 0 radical (unpaired) electrons. The summed E-state index contributed by atoms with van der Waals surface area (Å²) in [5, 5.41) is 2.99. The van der Waals surface area contributed by atoms with E-state index in [0.717, 1.165) is 96.3 Å². The number of unbranched alkanes of at least 4 members (excludes halogenated alkanes) is 16. The van der Waals surface area contributed by atoms with Crippen LogP contribution in [0.15, 0.2) is 122 Å². The maximum atomic E-state index is 13.5. The van der Waals surface area contributed by atoms with Gasteiger partial charge < -0.3 is 19.4 Å². The fraction of sp³-hybridized carbons (Fsp3) is 0.651. The highest BCUT2D eigenvalue weighted by molar-refractivity contribution is 7.47. The van der Waals surface area contributed by atoms with Crippen LogP contribution in [0.5, 0.6) is 0 Å². The van der Waals surface area contributed by atoms with Gasteiger partial charge in [0.15, 0.2) is 0 Å². The molecule has 0 heterocycles. The highest BCUT2D eigenvalue weighted by Crippen LogP contribution is 2.43. The average molecular weight is 1040 g/mol. The first-order chi connectivity index (χ1) is 35.4. The van der Waals surface area contributed by atoms with Crippen molar-refractivity contribution in [2.24, 2.45) is 0 Å². The molecule has 0 aromatic rings. The largest absolute Gasteiger partial charge is 0.472 e. The second kappa shape index (κ2) is 51.9. The van der Waals surface area contributed by atoms with Crippen LogP contribution >= 0.6 is 7.82 Å². The average Bonchev–Trinajstić information content (AvgIpc) is 3.35. The number of phosphoric acid groups is 1. The molecule has 3 unspecified atom stereocenters. The first-order valence-corrected chi connectivity index (χ1v) is 30.4. The van der Waals surface area contributed by atoms with Crippen LogP contribution in [0, 0.1) is 0 Å². The molecule has 0 saturated carbocycles. The molecule has 10 heteroatoms. The monoisotopic (exact) mass is 1040 g/mol. The molecule has 0 aromatic carbocycles. The Morgan fingerprint density at radius 1 is 0.493 bits per heavy atom. The normalized spacial score (nSPS) is 14.7. The molecule has 0 aliphatic heterocycles. The van der Waals surface area contributed by atoms with Crippen LogP contribution in [0.1, 0.15) is 213 Å². The maximum absolute atomic E-state index is 13.5. The first kappa shape index (κ1) is 69.4. The van der Waals surface area contributed by atoms with E-state index in [1.165, 1.54) is 70.6 Å². The van der Waals surface area contributed by atoms with Gasteiger partial charge in [-0.1, -0.05) is 213 Å². The number of phosphoric ester groups is 1. The lowest BCUT2D eigenvalue weighted by atomic mass is 10.1. The van der Waals surface area contributed by atoms with Gasteiger partial charge in [-0.25, -0.2) is 4.57 Å². The summed E-state index contributed by atoms with van der Waals surface area (Å²) >= 11 is 0. The molecule has 0 bridgehead atoms. The first-order valence-electron chi connectivity index (χ1n) is 28.9. The van der Waals surface area contributed by atoms with Crippen LogP contribution in [0.2, 0.25) is 0 Å². The minimum absolute atomic E-state index is 0.0162. The lowest BCUT2D eigenvalue weighted by Gasteiger charge is -2.27. The number of carbonyl (C=O) groups excluding carboxylic acids is 2. The van der Waals surface area contributed by atoms with Crippen molar-refractivity contribution in [1.82, 2.24) is 5.32 Å². The van der Waals surface area contributed by atoms with Gasteiger partial charge >= 0.3 is 13.8 Å². The maximum Gasteiger partial charge on any atom is 0.472 e. The Morgan fingerprint density at radius 2 is 0.890 bits per heavy atom. The van der Waals surface area contributed by atoms with Crippen LogP contribution in [0.3, 0.4) is 0 Å². The third-order valence-corrected chi connectivity index (χ3v) is 12.9. The van der Waals surface area contributed by atoms with Gasteiger partial charge in [0.25, 0.3) is 0 Å². The molecular weight excluding hydrogens is 928 g/mol. The molecule has 0 aliphatic rings. The Bertz CT molecular complexity index is 1660. The summed E-state index contributed by atoms with van der Waals surface area (Å²) in [7, 11) is 1.42. The lowest BCUT2D eigenvalue weighted by molar-refractivity contribution is -0.870. The van der Waals surface area contributed by atoms with E-state index < -0.39 is 20.0 Å². The van der Waals surface area contributed by atoms with E-state index in [1.54, 1.807) is 0 Å². The standard InChI is InChI=1S/C63H107N2O7P/c1-7-10-13-16-19-22-25-27-29-31-32-34-35-37-40-43-46-49-52-55-62(66)64-60(59-71-73(68,69)70-58-57-65(4,5)6)61(54-51-48-45-42-39-24-21-18-15-12-9-3)72-63(67)56-53-50-47-44-41-38-36-33-30-28-26-23-20-17-14-11-8-2/h10,13,19-20,22-23,27-30,32,34,36-38,40,46,49,51,54,60-61H,7-9,11-12,14-18,21,24-26,31,33,35,39,41-45,47-48,50,52-53,55-59H2,1-6H3,(H-,64,66,68,69)/p+1/b13-10-,22-19-,23-20-,29-27-,30-28-,34-32-,38-36-,40-37-,49-46-,54-51+. The lowest BCUT2D eigenvalue weighted by Crippen LogP contribution is -2.47. The minimum atomic E-state index is -4.48. The fourth-order valence-electron chi connectivity index (χ4n) is 7.44. The van der Waals surface area contributed by atoms with Gasteiger partial charge in [-0.05, 0) is 109 Å². The third-order valence-electron chi connectivity index (χ3n) is 11.9. The second-order valence-electron chi connectivity index (χ2n) is 20.1. The Kier molecular flexibility index (Phi) is 49.3. The van der Waals surface area contributed by atoms with E-state index in [1.807, 2.05) is 45.4 Å². The zero-order chi connectivity index (χ0) is 53.6. The van der Waals surface area contributed by atoms with Crippen molar-refractivity contribution in [2.75, 3.05) is 40.9 Å². The molecule has 9 nitrogen and oxygen atoms in total. The number of nitrogens with zero attached hydrogens (tertiary/aromatic N) is 1. The summed E-state index contributed by atoms with van der Waals surface area (Å²) in [4.78, 5) is 37.5. The van der Waals surface area contributed by atoms with Crippen molar-refractivity contribution >= 4 is 19.7 Å². The van der Waals surface area contributed by atoms with Crippen molar-refractivity contribution in [3.05, 3.63) is 122 Å². The number of hydrogen-bond acceptors (Lipinski definition) is 6. The molecule has 2 N–H and O–H groups in total. The number of allylic oxidation sites excluding steroid dienone is 19. The highest BCUT2D eigenvalue weighted by Gasteiger charge is 2.30. The van der Waals surface area contributed by atoms with E-state index >= 15 is 0 Å². The van der Waals surface area contributed by atoms with Crippen molar-refractivity contribution in [2.45, 2.75) is 226 Å². The molecule has 0 rings (SSSR count). The van der Waals surface area contributed by atoms with Gasteiger partial charge in [-0.2, -0.15) is 0 Å². The summed E-state index contributed by atoms with van der Waals surface area (Å²) in [6.45, 7) is 6.76. The van der Waals surface area contributed by atoms with E-state index in [0.29, 0.717) is 23.9 Å².